The second kappa shape index (κ2) is 10.7. The number of aliphatic imine (C=N–C) groups is 1. The van der Waals surface area contributed by atoms with Gasteiger partial charge in [0.2, 0.25) is 0 Å². The van der Waals surface area contributed by atoms with Gasteiger partial charge in [-0.2, -0.15) is 0 Å². The molecule has 0 aromatic heterocycles. The van der Waals surface area contributed by atoms with Crippen LogP contribution < -0.4 is 5.32 Å². The van der Waals surface area contributed by atoms with Crippen molar-refractivity contribution in [3.8, 4) is 0 Å². The minimum absolute atomic E-state index is 0.412. The second-order valence-electron chi connectivity index (χ2n) is 7.65. The van der Waals surface area contributed by atoms with Crippen LogP contribution in [0.5, 0.6) is 0 Å². The van der Waals surface area contributed by atoms with Gasteiger partial charge in [0.1, 0.15) is 0 Å². The minimum atomic E-state index is 0.412. The number of piperidine rings is 2. The molecule has 2 saturated heterocycles. The van der Waals surface area contributed by atoms with Gasteiger partial charge in [-0.1, -0.05) is 30.7 Å². The van der Waals surface area contributed by atoms with E-state index in [1.54, 1.807) is 0 Å². The van der Waals surface area contributed by atoms with Crippen molar-refractivity contribution < 1.29 is 4.74 Å². The number of nitrogens with one attached hydrogen (secondary N) is 1. The molecule has 0 atom stereocenters. The fourth-order valence-electron chi connectivity index (χ4n) is 4.22. The molecule has 1 N–H and O–H groups in total. The zero-order valence-corrected chi connectivity index (χ0v) is 17.1. The van der Waals surface area contributed by atoms with E-state index in [9.17, 15) is 0 Å². The second-order valence-corrected chi connectivity index (χ2v) is 7.65. The van der Waals surface area contributed by atoms with E-state index in [1.807, 2.05) is 7.05 Å². The van der Waals surface area contributed by atoms with Gasteiger partial charge in [0.25, 0.3) is 0 Å². The molecule has 0 unspecified atom stereocenters. The number of nitrogens with zero attached hydrogens (tertiary/aromatic N) is 3. The molecule has 2 fully saturated rings. The molecule has 1 aromatic rings. The van der Waals surface area contributed by atoms with Gasteiger partial charge in [0.15, 0.2) is 5.96 Å². The molecule has 0 bridgehead atoms. The van der Waals surface area contributed by atoms with Crippen LogP contribution >= 0.6 is 0 Å². The van der Waals surface area contributed by atoms with Crippen LogP contribution in [0.3, 0.4) is 0 Å². The van der Waals surface area contributed by atoms with Gasteiger partial charge in [-0.3, -0.25) is 9.89 Å². The van der Waals surface area contributed by atoms with Crippen molar-refractivity contribution in [3.05, 3.63) is 35.4 Å². The highest BCUT2D eigenvalue weighted by Gasteiger charge is 2.21. The third-order valence-electron chi connectivity index (χ3n) is 5.75. The first-order valence-electron chi connectivity index (χ1n) is 10.7. The molecule has 2 aliphatic heterocycles. The average Bonchev–Trinajstić information content (AvgIpc) is 2.72. The van der Waals surface area contributed by atoms with Gasteiger partial charge in [-0.25, -0.2) is 0 Å². The lowest BCUT2D eigenvalue weighted by Gasteiger charge is -2.34. The summed E-state index contributed by atoms with van der Waals surface area (Å²) in [6.07, 6.45) is 6.64. The molecule has 27 heavy (non-hydrogen) atoms. The highest BCUT2D eigenvalue weighted by Crippen LogP contribution is 2.17. The third kappa shape index (κ3) is 5.94. The van der Waals surface area contributed by atoms with Crippen LogP contribution in [0, 0.1) is 0 Å². The summed E-state index contributed by atoms with van der Waals surface area (Å²) in [5.41, 5.74) is 2.82. The van der Waals surface area contributed by atoms with Crippen molar-refractivity contribution in [1.29, 1.82) is 0 Å². The van der Waals surface area contributed by atoms with Crippen LogP contribution in [0.2, 0.25) is 0 Å². The van der Waals surface area contributed by atoms with Crippen molar-refractivity contribution in [2.75, 3.05) is 39.8 Å². The summed E-state index contributed by atoms with van der Waals surface area (Å²) in [5.74, 6) is 1.01. The summed E-state index contributed by atoms with van der Waals surface area (Å²) in [7, 11) is 1.89. The summed E-state index contributed by atoms with van der Waals surface area (Å²) in [4.78, 5) is 9.48. The Morgan fingerprint density at radius 3 is 2.44 bits per heavy atom. The van der Waals surface area contributed by atoms with E-state index >= 15 is 0 Å². The Kier molecular flexibility index (Phi) is 7.96. The highest BCUT2D eigenvalue weighted by atomic mass is 16.5. The van der Waals surface area contributed by atoms with Crippen molar-refractivity contribution in [1.82, 2.24) is 15.1 Å². The van der Waals surface area contributed by atoms with Crippen LogP contribution in [-0.2, 0) is 17.8 Å². The average molecular weight is 373 g/mol. The van der Waals surface area contributed by atoms with E-state index in [2.05, 4.69) is 51.3 Å². The number of hydrogen-bond donors (Lipinski definition) is 1. The lowest BCUT2D eigenvalue weighted by atomic mass is 10.0. The Hall–Kier alpha value is -1.59. The maximum atomic E-state index is 5.77. The number of likely N-dealkylation sites (tertiary alicyclic amines) is 2. The molecule has 5 heteroatoms. The quantitative estimate of drug-likeness (QED) is 0.615. The smallest absolute Gasteiger partial charge is 0.193 e. The normalized spacial score (nSPS) is 20.1. The fourth-order valence-corrected chi connectivity index (χ4v) is 4.22. The Labute approximate surface area is 164 Å². The molecule has 0 radical (unpaired) electrons. The van der Waals surface area contributed by atoms with Gasteiger partial charge >= 0.3 is 0 Å². The van der Waals surface area contributed by atoms with Gasteiger partial charge in [0, 0.05) is 39.8 Å². The van der Waals surface area contributed by atoms with E-state index in [1.165, 1.54) is 43.5 Å². The standard InChI is InChI=1S/C22H36N4O/c1-3-27-21-11-15-26(16-12-21)22(23-2)24-17-19-9-5-6-10-20(19)18-25-13-7-4-8-14-25/h5-6,9-10,21H,3-4,7-8,11-18H2,1-2H3,(H,23,24). The Bertz CT molecular complexity index is 590. The number of ether oxygens (including phenoxy) is 1. The fraction of sp³-hybridized carbons (Fsp3) is 0.682. The molecular weight excluding hydrogens is 336 g/mol. The van der Waals surface area contributed by atoms with Gasteiger partial charge in [-0.05, 0) is 56.8 Å². The Morgan fingerprint density at radius 2 is 1.78 bits per heavy atom. The maximum absolute atomic E-state index is 5.77. The first kappa shape index (κ1) is 20.2. The molecule has 0 spiro atoms. The van der Waals surface area contributed by atoms with E-state index in [0.717, 1.165) is 51.6 Å². The molecule has 0 aliphatic carbocycles. The molecule has 0 amide bonds. The molecule has 0 saturated carbocycles. The molecule has 1 aromatic carbocycles. The maximum Gasteiger partial charge on any atom is 0.193 e. The summed E-state index contributed by atoms with van der Waals surface area (Å²) in [5, 5.41) is 3.60. The predicted molar refractivity (Wildman–Crippen MR) is 112 cm³/mol. The Morgan fingerprint density at radius 1 is 1.07 bits per heavy atom. The van der Waals surface area contributed by atoms with Crippen LogP contribution in [0.1, 0.15) is 50.2 Å². The van der Waals surface area contributed by atoms with E-state index < -0.39 is 0 Å². The van der Waals surface area contributed by atoms with E-state index in [0.29, 0.717) is 6.10 Å². The molecule has 2 heterocycles. The van der Waals surface area contributed by atoms with Crippen molar-refractivity contribution in [3.63, 3.8) is 0 Å². The summed E-state index contributed by atoms with van der Waals surface area (Å²) < 4.78 is 5.77. The minimum Gasteiger partial charge on any atom is -0.378 e. The first-order valence-corrected chi connectivity index (χ1v) is 10.7. The van der Waals surface area contributed by atoms with Crippen LogP contribution in [0.25, 0.3) is 0 Å². The number of benzene rings is 1. The van der Waals surface area contributed by atoms with Crippen molar-refractivity contribution in [2.24, 2.45) is 4.99 Å². The summed E-state index contributed by atoms with van der Waals surface area (Å²) >= 11 is 0. The zero-order chi connectivity index (χ0) is 18.9. The topological polar surface area (TPSA) is 40.1 Å². The molecule has 5 nitrogen and oxygen atoms in total. The first-order chi connectivity index (χ1) is 13.3. The van der Waals surface area contributed by atoms with Crippen LogP contribution in [0.4, 0.5) is 0 Å². The zero-order valence-electron chi connectivity index (χ0n) is 17.1. The monoisotopic (exact) mass is 372 g/mol. The van der Waals surface area contributed by atoms with E-state index in [-0.39, 0.29) is 0 Å². The highest BCUT2D eigenvalue weighted by molar-refractivity contribution is 5.80. The predicted octanol–water partition coefficient (Wildman–Crippen LogP) is 3.25. The third-order valence-corrected chi connectivity index (χ3v) is 5.75. The largest absolute Gasteiger partial charge is 0.378 e. The van der Waals surface area contributed by atoms with Crippen molar-refractivity contribution in [2.45, 2.75) is 58.2 Å². The van der Waals surface area contributed by atoms with Crippen LogP contribution in [-0.4, -0.2) is 61.7 Å². The van der Waals surface area contributed by atoms with Crippen LogP contribution in [0.15, 0.2) is 29.3 Å². The molecular formula is C22H36N4O. The van der Waals surface area contributed by atoms with Crippen molar-refractivity contribution >= 4 is 5.96 Å². The number of rotatable bonds is 6. The summed E-state index contributed by atoms with van der Waals surface area (Å²) in [6, 6.07) is 8.84. The Balaban J connectivity index is 1.54. The lowest BCUT2D eigenvalue weighted by molar-refractivity contribution is 0.0263. The van der Waals surface area contributed by atoms with E-state index in [4.69, 9.17) is 4.74 Å². The number of guanidine groups is 1. The number of hydrogen-bond acceptors (Lipinski definition) is 3. The lowest BCUT2D eigenvalue weighted by Crippen LogP contribution is -2.46. The van der Waals surface area contributed by atoms with Gasteiger partial charge in [0.05, 0.1) is 6.10 Å². The SMILES string of the molecule is CCOC1CCN(C(=NC)NCc2ccccc2CN2CCCCC2)CC1. The van der Waals surface area contributed by atoms with Gasteiger partial charge < -0.3 is 15.0 Å². The molecule has 3 rings (SSSR count). The molecule has 150 valence electrons. The molecule has 2 aliphatic rings. The summed E-state index contributed by atoms with van der Waals surface area (Å²) in [6.45, 7) is 9.29. The van der Waals surface area contributed by atoms with Gasteiger partial charge in [-0.15, -0.1) is 0 Å².